The second kappa shape index (κ2) is 6.04. The molecule has 1 aromatic carbocycles. The van der Waals surface area contributed by atoms with Crippen molar-refractivity contribution in [1.29, 1.82) is 0 Å². The molecule has 6 heteroatoms. The maximum Gasteiger partial charge on any atom is 0.244 e. The summed E-state index contributed by atoms with van der Waals surface area (Å²) in [5, 5.41) is 0.778. The van der Waals surface area contributed by atoms with Crippen LogP contribution in [0.2, 0.25) is 0 Å². The first kappa shape index (κ1) is 15.5. The predicted octanol–water partition coefficient (Wildman–Crippen LogP) is 2.16. The third kappa shape index (κ3) is 3.05. The molecule has 1 unspecified atom stereocenters. The van der Waals surface area contributed by atoms with E-state index in [1.54, 1.807) is 26.2 Å². The second-order valence-electron chi connectivity index (χ2n) is 4.37. The minimum absolute atomic E-state index is 0.212. The first-order valence-electron chi connectivity index (χ1n) is 5.62. The average molecular weight is 335 g/mol. The molecule has 18 heavy (non-hydrogen) atoms. The molecule has 1 atom stereocenters. The number of benzene rings is 1. The zero-order valence-corrected chi connectivity index (χ0v) is 13.5. The van der Waals surface area contributed by atoms with E-state index in [4.69, 9.17) is 0 Å². The summed E-state index contributed by atoms with van der Waals surface area (Å²) in [5.74, 6) is 0. The summed E-state index contributed by atoms with van der Waals surface area (Å²) in [6.45, 7) is 2.04. The fourth-order valence-electron chi connectivity index (χ4n) is 1.50. The lowest BCUT2D eigenvalue weighted by atomic mass is 10.2. The molecule has 0 aromatic heterocycles. The van der Waals surface area contributed by atoms with Gasteiger partial charge < -0.3 is 4.90 Å². The lowest BCUT2D eigenvalue weighted by molar-refractivity contribution is 0.520. The minimum Gasteiger partial charge on any atom is -0.370 e. The Balaban J connectivity index is 3.32. The van der Waals surface area contributed by atoms with Crippen molar-refractivity contribution in [2.24, 2.45) is 0 Å². The maximum atomic E-state index is 12.3. The molecule has 102 valence electrons. The van der Waals surface area contributed by atoms with Crippen LogP contribution in [0.5, 0.6) is 0 Å². The molecule has 0 saturated carbocycles. The summed E-state index contributed by atoms with van der Waals surface area (Å²) >= 11 is 3.42. The Bertz CT molecular complexity index is 503. The normalized spacial score (nSPS) is 13.7. The van der Waals surface area contributed by atoms with Gasteiger partial charge in [0.05, 0.1) is 5.69 Å². The van der Waals surface area contributed by atoms with Gasteiger partial charge in [-0.15, -0.1) is 0 Å². The van der Waals surface area contributed by atoms with Crippen LogP contribution in [0.1, 0.15) is 6.92 Å². The fourth-order valence-corrected chi connectivity index (χ4v) is 3.06. The summed E-state index contributed by atoms with van der Waals surface area (Å²) in [4.78, 5) is 2.30. The average Bonchev–Trinajstić information content (AvgIpc) is 2.36. The summed E-state index contributed by atoms with van der Waals surface area (Å²) in [6.07, 6.45) is 0. The topological polar surface area (TPSA) is 40.6 Å². The van der Waals surface area contributed by atoms with Gasteiger partial charge in [0.25, 0.3) is 0 Å². The molecule has 0 bridgehead atoms. The van der Waals surface area contributed by atoms with Crippen LogP contribution in [-0.4, -0.2) is 45.2 Å². The Morgan fingerprint density at radius 1 is 1.22 bits per heavy atom. The van der Waals surface area contributed by atoms with Gasteiger partial charge in [0.2, 0.25) is 10.0 Å². The third-order valence-corrected chi connectivity index (χ3v) is 5.69. The fraction of sp³-hybridized carbons (Fsp3) is 0.500. The third-order valence-electron chi connectivity index (χ3n) is 2.89. The van der Waals surface area contributed by atoms with Crippen molar-refractivity contribution in [3.8, 4) is 0 Å². The van der Waals surface area contributed by atoms with E-state index in [9.17, 15) is 8.42 Å². The van der Waals surface area contributed by atoms with E-state index in [2.05, 4.69) is 15.9 Å². The smallest absolute Gasteiger partial charge is 0.244 e. The molecule has 0 heterocycles. The number of rotatable bonds is 5. The van der Waals surface area contributed by atoms with E-state index >= 15 is 0 Å². The van der Waals surface area contributed by atoms with E-state index in [1.807, 2.05) is 31.0 Å². The Labute approximate surface area is 118 Å². The Kier molecular flexibility index (Phi) is 5.19. The highest BCUT2D eigenvalue weighted by molar-refractivity contribution is 9.09. The molecule has 0 N–H and O–H groups in total. The number of hydrogen-bond donors (Lipinski definition) is 0. The van der Waals surface area contributed by atoms with Crippen molar-refractivity contribution >= 4 is 31.6 Å². The molecule has 0 aliphatic rings. The lowest BCUT2D eigenvalue weighted by Gasteiger charge is -2.28. The Morgan fingerprint density at radius 2 is 1.78 bits per heavy atom. The summed E-state index contributed by atoms with van der Waals surface area (Å²) in [5.41, 5.74) is 0.721. The van der Waals surface area contributed by atoms with Crippen LogP contribution in [0.15, 0.2) is 29.2 Å². The molecule has 0 amide bonds. The van der Waals surface area contributed by atoms with E-state index in [0.29, 0.717) is 4.90 Å². The largest absolute Gasteiger partial charge is 0.370 e. The van der Waals surface area contributed by atoms with Crippen molar-refractivity contribution in [2.75, 3.05) is 31.4 Å². The maximum absolute atomic E-state index is 12.3. The number of sulfonamides is 1. The van der Waals surface area contributed by atoms with Crippen LogP contribution in [-0.2, 0) is 10.0 Å². The molecule has 1 aromatic rings. The molecule has 4 nitrogen and oxygen atoms in total. The van der Waals surface area contributed by atoms with Crippen molar-refractivity contribution < 1.29 is 8.42 Å². The van der Waals surface area contributed by atoms with Gasteiger partial charge in [-0.1, -0.05) is 28.1 Å². The number of halogens is 1. The summed E-state index contributed by atoms with van der Waals surface area (Å²) in [7, 11) is 1.56. The molecule has 0 aliphatic carbocycles. The SMILES string of the molecule is CC(CBr)N(C)c1ccccc1S(=O)(=O)N(C)C. The standard InChI is InChI=1S/C12H19BrN2O2S/c1-10(9-13)15(4)11-7-5-6-8-12(11)18(16,17)14(2)3/h5-8,10H,9H2,1-4H3. The predicted molar refractivity (Wildman–Crippen MR) is 79.0 cm³/mol. The van der Waals surface area contributed by atoms with Crippen molar-refractivity contribution in [2.45, 2.75) is 17.9 Å². The zero-order valence-electron chi connectivity index (χ0n) is 11.1. The van der Waals surface area contributed by atoms with Crippen LogP contribution in [0.4, 0.5) is 5.69 Å². The summed E-state index contributed by atoms with van der Waals surface area (Å²) in [6, 6.07) is 7.27. The quantitative estimate of drug-likeness (QED) is 0.775. The molecule has 0 radical (unpaired) electrons. The summed E-state index contributed by atoms with van der Waals surface area (Å²) < 4.78 is 25.7. The zero-order chi connectivity index (χ0) is 13.9. The first-order chi connectivity index (χ1) is 8.32. The Hall–Kier alpha value is -0.590. The van der Waals surface area contributed by atoms with E-state index in [1.165, 1.54) is 4.31 Å². The van der Waals surface area contributed by atoms with Crippen LogP contribution < -0.4 is 4.90 Å². The van der Waals surface area contributed by atoms with Gasteiger partial charge >= 0.3 is 0 Å². The molecule has 0 fully saturated rings. The van der Waals surface area contributed by atoms with Crippen molar-refractivity contribution in [3.63, 3.8) is 0 Å². The minimum atomic E-state index is -3.42. The van der Waals surface area contributed by atoms with Crippen LogP contribution in [0.25, 0.3) is 0 Å². The van der Waals surface area contributed by atoms with Gasteiger partial charge in [-0.2, -0.15) is 0 Å². The monoisotopic (exact) mass is 334 g/mol. The van der Waals surface area contributed by atoms with Gasteiger partial charge in [0.15, 0.2) is 0 Å². The van der Waals surface area contributed by atoms with Gasteiger partial charge in [0.1, 0.15) is 4.90 Å². The van der Waals surface area contributed by atoms with E-state index < -0.39 is 10.0 Å². The van der Waals surface area contributed by atoms with Crippen LogP contribution >= 0.6 is 15.9 Å². The van der Waals surface area contributed by atoms with Crippen LogP contribution in [0.3, 0.4) is 0 Å². The molecule has 0 aliphatic heterocycles. The number of nitrogens with zero attached hydrogens (tertiary/aromatic N) is 2. The van der Waals surface area contributed by atoms with Crippen molar-refractivity contribution in [1.82, 2.24) is 4.31 Å². The highest BCUT2D eigenvalue weighted by Crippen LogP contribution is 2.27. The first-order valence-corrected chi connectivity index (χ1v) is 8.19. The van der Waals surface area contributed by atoms with Gasteiger partial charge in [-0.25, -0.2) is 12.7 Å². The molecule has 0 saturated heterocycles. The van der Waals surface area contributed by atoms with E-state index in [-0.39, 0.29) is 6.04 Å². The number of alkyl halides is 1. The van der Waals surface area contributed by atoms with Gasteiger partial charge in [-0.3, -0.25) is 0 Å². The molecular weight excluding hydrogens is 316 g/mol. The van der Waals surface area contributed by atoms with Crippen molar-refractivity contribution in [3.05, 3.63) is 24.3 Å². The van der Waals surface area contributed by atoms with Gasteiger partial charge in [-0.05, 0) is 19.1 Å². The second-order valence-corrected chi connectivity index (χ2v) is 7.14. The lowest BCUT2D eigenvalue weighted by Crippen LogP contribution is -2.32. The van der Waals surface area contributed by atoms with E-state index in [0.717, 1.165) is 11.0 Å². The Morgan fingerprint density at radius 3 is 2.28 bits per heavy atom. The number of hydrogen-bond acceptors (Lipinski definition) is 3. The van der Waals surface area contributed by atoms with Gasteiger partial charge in [0, 0.05) is 32.5 Å². The highest BCUT2D eigenvalue weighted by Gasteiger charge is 2.23. The number of anilines is 1. The van der Waals surface area contributed by atoms with Crippen LogP contribution in [0, 0.1) is 0 Å². The molecular formula is C12H19BrN2O2S. The highest BCUT2D eigenvalue weighted by atomic mass is 79.9. The molecule has 0 spiro atoms. The molecule has 1 rings (SSSR count). The number of para-hydroxylation sites is 1.